The Morgan fingerprint density at radius 1 is 1.38 bits per heavy atom. The van der Waals surface area contributed by atoms with Crippen LogP contribution in [0.3, 0.4) is 0 Å². The predicted molar refractivity (Wildman–Crippen MR) is 83.9 cm³/mol. The maximum Gasteiger partial charge on any atom is 0.271 e. The molecule has 0 saturated heterocycles. The van der Waals surface area contributed by atoms with Crippen molar-refractivity contribution in [2.45, 2.75) is 26.4 Å². The first-order valence-corrected chi connectivity index (χ1v) is 7.19. The molecule has 0 aliphatic rings. The molecule has 21 heavy (non-hydrogen) atoms. The van der Waals surface area contributed by atoms with Crippen LogP contribution in [0.25, 0.3) is 5.69 Å². The third kappa shape index (κ3) is 3.83. The predicted octanol–water partition coefficient (Wildman–Crippen LogP) is 2.38. The SMILES string of the molecule is CNC(=O)c1ccn(-c2cc(Cl)ccc2CNC(C)C)n1. The second kappa shape index (κ2) is 6.74. The van der Waals surface area contributed by atoms with Gasteiger partial charge in [0.15, 0.2) is 5.69 Å². The van der Waals surface area contributed by atoms with Gasteiger partial charge in [-0.2, -0.15) is 5.10 Å². The minimum Gasteiger partial charge on any atom is -0.354 e. The van der Waals surface area contributed by atoms with Crippen molar-refractivity contribution in [3.63, 3.8) is 0 Å². The standard InChI is InChI=1S/C15H19ClN4O/c1-10(2)18-9-11-4-5-12(16)8-14(11)20-7-6-13(19-20)15(21)17-3/h4-8,10,18H,9H2,1-3H3,(H,17,21). The fourth-order valence-corrected chi connectivity index (χ4v) is 2.09. The van der Waals surface area contributed by atoms with Crippen LogP contribution in [0, 0.1) is 0 Å². The smallest absolute Gasteiger partial charge is 0.271 e. The van der Waals surface area contributed by atoms with Gasteiger partial charge in [0.2, 0.25) is 0 Å². The summed E-state index contributed by atoms with van der Waals surface area (Å²) >= 11 is 6.09. The molecule has 0 aliphatic heterocycles. The first kappa shape index (κ1) is 15.5. The second-order valence-electron chi connectivity index (χ2n) is 5.03. The molecule has 0 aliphatic carbocycles. The molecule has 0 radical (unpaired) electrons. The van der Waals surface area contributed by atoms with Gasteiger partial charge < -0.3 is 10.6 Å². The van der Waals surface area contributed by atoms with Gasteiger partial charge in [0.25, 0.3) is 5.91 Å². The zero-order valence-corrected chi connectivity index (χ0v) is 13.1. The van der Waals surface area contributed by atoms with Gasteiger partial charge in [0, 0.05) is 30.9 Å². The summed E-state index contributed by atoms with van der Waals surface area (Å²) in [7, 11) is 1.58. The monoisotopic (exact) mass is 306 g/mol. The van der Waals surface area contributed by atoms with E-state index < -0.39 is 0 Å². The minimum atomic E-state index is -0.211. The molecule has 1 heterocycles. The molecule has 1 aromatic heterocycles. The topological polar surface area (TPSA) is 59.0 Å². The van der Waals surface area contributed by atoms with E-state index in [1.54, 1.807) is 24.0 Å². The molecule has 2 N–H and O–H groups in total. The van der Waals surface area contributed by atoms with Gasteiger partial charge in [-0.3, -0.25) is 4.79 Å². The third-order valence-corrected chi connectivity index (χ3v) is 3.28. The number of rotatable bonds is 5. The fraction of sp³-hybridized carbons (Fsp3) is 0.333. The largest absolute Gasteiger partial charge is 0.354 e. The van der Waals surface area contributed by atoms with Crippen molar-refractivity contribution in [2.24, 2.45) is 0 Å². The molecule has 0 spiro atoms. The van der Waals surface area contributed by atoms with Gasteiger partial charge in [-0.05, 0) is 23.8 Å². The molecule has 0 saturated carbocycles. The molecule has 6 heteroatoms. The van der Waals surface area contributed by atoms with E-state index in [1.165, 1.54) is 0 Å². The summed E-state index contributed by atoms with van der Waals surface area (Å²) < 4.78 is 1.67. The van der Waals surface area contributed by atoms with Gasteiger partial charge in [-0.25, -0.2) is 4.68 Å². The van der Waals surface area contributed by atoms with Crippen LogP contribution in [-0.2, 0) is 6.54 Å². The summed E-state index contributed by atoms with van der Waals surface area (Å²) in [6.07, 6.45) is 1.76. The van der Waals surface area contributed by atoms with E-state index in [2.05, 4.69) is 29.6 Å². The Morgan fingerprint density at radius 2 is 2.14 bits per heavy atom. The van der Waals surface area contributed by atoms with E-state index >= 15 is 0 Å². The highest BCUT2D eigenvalue weighted by Gasteiger charge is 2.11. The Morgan fingerprint density at radius 3 is 2.81 bits per heavy atom. The van der Waals surface area contributed by atoms with Crippen molar-refractivity contribution in [3.05, 3.63) is 46.7 Å². The lowest BCUT2D eigenvalue weighted by atomic mass is 10.1. The van der Waals surface area contributed by atoms with E-state index in [0.717, 1.165) is 11.3 Å². The number of halogens is 1. The number of carbonyl (C=O) groups excluding carboxylic acids is 1. The van der Waals surface area contributed by atoms with Gasteiger partial charge >= 0.3 is 0 Å². The van der Waals surface area contributed by atoms with Crippen molar-refractivity contribution < 1.29 is 4.79 Å². The first-order valence-electron chi connectivity index (χ1n) is 6.81. The van der Waals surface area contributed by atoms with Crippen molar-refractivity contribution in [1.82, 2.24) is 20.4 Å². The Kier molecular flexibility index (Phi) is 4.98. The zero-order chi connectivity index (χ0) is 15.4. The number of hydrogen-bond donors (Lipinski definition) is 2. The van der Waals surface area contributed by atoms with E-state index in [-0.39, 0.29) is 5.91 Å². The molecule has 0 fully saturated rings. The first-order chi connectivity index (χ1) is 10.0. The summed E-state index contributed by atoms with van der Waals surface area (Å²) in [5.74, 6) is -0.211. The van der Waals surface area contributed by atoms with Crippen molar-refractivity contribution >= 4 is 17.5 Å². The summed E-state index contributed by atoms with van der Waals surface area (Å²) in [4.78, 5) is 11.6. The van der Waals surface area contributed by atoms with Gasteiger partial charge in [-0.15, -0.1) is 0 Å². The maximum absolute atomic E-state index is 11.6. The van der Waals surface area contributed by atoms with Crippen LogP contribution in [0.15, 0.2) is 30.5 Å². The molecular formula is C15H19ClN4O. The number of hydrogen-bond acceptors (Lipinski definition) is 3. The molecule has 0 atom stereocenters. The molecular weight excluding hydrogens is 288 g/mol. The molecule has 0 bridgehead atoms. The molecule has 1 aromatic carbocycles. The lowest BCUT2D eigenvalue weighted by molar-refractivity contribution is 0.0957. The average molecular weight is 307 g/mol. The molecule has 2 aromatic rings. The van der Waals surface area contributed by atoms with E-state index in [0.29, 0.717) is 23.3 Å². The minimum absolute atomic E-state index is 0.211. The summed E-state index contributed by atoms with van der Waals surface area (Å²) in [5, 5.41) is 10.9. The quantitative estimate of drug-likeness (QED) is 0.891. The number of nitrogens with zero attached hydrogens (tertiary/aromatic N) is 2. The number of carbonyl (C=O) groups is 1. The number of nitrogens with one attached hydrogen (secondary N) is 2. The lowest BCUT2D eigenvalue weighted by Crippen LogP contribution is -2.23. The highest BCUT2D eigenvalue weighted by molar-refractivity contribution is 6.30. The van der Waals surface area contributed by atoms with E-state index in [4.69, 9.17) is 11.6 Å². The Balaban J connectivity index is 2.35. The van der Waals surface area contributed by atoms with Crippen LogP contribution >= 0.6 is 11.6 Å². The van der Waals surface area contributed by atoms with Crippen LogP contribution in [0.1, 0.15) is 29.9 Å². The van der Waals surface area contributed by atoms with E-state index in [1.807, 2.05) is 18.2 Å². The normalized spacial score (nSPS) is 10.9. The van der Waals surface area contributed by atoms with Crippen LogP contribution in [-0.4, -0.2) is 28.8 Å². The Hall–Kier alpha value is -1.85. The molecule has 5 nitrogen and oxygen atoms in total. The zero-order valence-electron chi connectivity index (χ0n) is 12.4. The van der Waals surface area contributed by atoms with Crippen molar-refractivity contribution in [1.29, 1.82) is 0 Å². The van der Waals surface area contributed by atoms with Crippen molar-refractivity contribution in [2.75, 3.05) is 7.05 Å². The van der Waals surface area contributed by atoms with Crippen LogP contribution < -0.4 is 10.6 Å². The second-order valence-corrected chi connectivity index (χ2v) is 5.47. The molecule has 1 amide bonds. The maximum atomic E-state index is 11.6. The highest BCUT2D eigenvalue weighted by atomic mass is 35.5. The highest BCUT2D eigenvalue weighted by Crippen LogP contribution is 2.20. The molecule has 112 valence electrons. The number of aromatic nitrogens is 2. The molecule has 2 rings (SSSR count). The van der Waals surface area contributed by atoms with Gasteiger partial charge in [0.05, 0.1) is 5.69 Å². The summed E-state index contributed by atoms with van der Waals surface area (Å²) in [5.41, 5.74) is 2.31. The molecule has 0 unspecified atom stereocenters. The number of benzene rings is 1. The van der Waals surface area contributed by atoms with Crippen LogP contribution in [0.4, 0.5) is 0 Å². The van der Waals surface area contributed by atoms with E-state index in [9.17, 15) is 4.79 Å². The van der Waals surface area contributed by atoms with Gasteiger partial charge in [0.1, 0.15) is 0 Å². The summed E-state index contributed by atoms with van der Waals surface area (Å²) in [6, 6.07) is 7.73. The fourth-order valence-electron chi connectivity index (χ4n) is 1.92. The third-order valence-electron chi connectivity index (χ3n) is 3.04. The Labute approximate surface area is 129 Å². The van der Waals surface area contributed by atoms with Gasteiger partial charge in [-0.1, -0.05) is 31.5 Å². The van der Waals surface area contributed by atoms with Crippen LogP contribution in [0.2, 0.25) is 5.02 Å². The summed E-state index contributed by atoms with van der Waals surface area (Å²) in [6.45, 7) is 4.89. The average Bonchev–Trinajstić information content (AvgIpc) is 2.94. The Bertz CT molecular complexity index is 636. The van der Waals surface area contributed by atoms with Crippen LogP contribution in [0.5, 0.6) is 0 Å². The van der Waals surface area contributed by atoms with Crippen molar-refractivity contribution in [3.8, 4) is 5.69 Å². The number of amides is 1. The lowest BCUT2D eigenvalue weighted by Gasteiger charge is -2.13.